The molecule has 2 fully saturated rings. The second kappa shape index (κ2) is 6.44. The molecule has 116 valence electrons. The lowest BCUT2D eigenvalue weighted by atomic mass is 9.80. The van der Waals surface area contributed by atoms with Gasteiger partial charge in [-0.3, -0.25) is 4.79 Å². The van der Waals surface area contributed by atoms with E-state index in [0.717, 1.165) is 38.4 Å². The summed E-state index contributed by atoms with van der Waals surface area (Å²) < 4.78 is 5.95. The van der Waals surface area contributed by atoms with Crippen molar-refractivity contribution >= 4 is 5.91 Å². The quantitative estimate of drug-likeness (QED) is 0.792. The Morgan fingerprint density at radius 2 is 2.05 bits per heavy atom. The van der Waals surface area contributed by atoms with Crippen LogP contribution >= 0.6 is 0 Å². The molecule has 0 atom stereocenters. The first-order valence-corrected chi connectivity index (χ1v) is 8.08. The van der Waals surface area contributed by atoms with Gasteiger partial charge in [0, 0.05) is 25.7 Å². The van der Waals surface area contributed by atoms with Crippen molar-refractivity contribution in [3.8, 4) is 0 Å². The molecule has 1 spiro atoms. The number of hydrogen-bond acceptors (Lipinski definition) is 3. The highest BCUT2D eigenvalue weighted by Gasteiger charge is 2.42. The van der Waals surface area contributed by atoms with Crippen molar-refractivity contribution in [1.29, 1.82) is 0 Å². The van der Waals surface area contributed by atoms with E-state index in [2.05, 4.69) is 32.7 Å². The van der Waals surface area contributed by atoms with Crippen LogP contribution in [0.1, 0.15) is 46.5 Å². The molecule has 0 aromatic rings. The number of carbonyl (C=O) groups is 1. The molecule has 0 unspecified atom stereocenters. The Kier molecular flexibility index (Phi) is 5.08. The average molecular weight is 282 g/mol. The zero-order valence-electron chi connectivity index (χ0n) is 13.5. The summed E-state index contributed by atoms with van der Waals surface area (Å²) in [5, 5.41) is 0. The predicted molar refractivity (Wildman–Crippen MR) is 80.7 cm³/mol. The molecule has 20 heavy (non-hydrogen) atoms. The van der Waals surface area contributed by atoms with Crippen molar-refractivity contribution in [2.45, 2.75) is 58.1 Å². The molecule has 4 heteroatoms. The lowest BCUT2D eigenvalue weighted by molar-refractivity contribution is -0.170. The standard InChI is InChI=1S/C16H30N2O2/c1-5-18-12-16(20-11-15(18)19)8-6-14(7-9-16)17(4)10-13(2)3/h13-14H,5-12H2,1-4H3/t14-,16-. The zero-order valence-corrected chi connectivity index (χ0v) is 13.5. The normalized spacial score (nSPS) is 31.6. The molecular weight excluding hydrogens is 252 g/mol. The third kappa shape index (κ3) is 3.53. The number of likely N-dealkylation sites (N-methyl/N-ethyl adjacent to an activating group) is 1. The molecule has 0 radical (unpaired) electrons. The van der Waals surface area contributed by atoms with Gasteiger partial charge in [0.1, 0.15) is 6.61 Å². The minimum Gasteiger partial charge on any atom is -0.363 e. The maximum Gasteiger partial charge on any atom is 0.248 e. The summed E-state index contributed by atoms with van der Waals surface area (Å²) in [6.45, 7) is 9.65. The summed E-state index contributed by atoms with van der Waals surface area (Å²) in [4.78, 5) is 16.2. The van der Waals surface area contributed by atoms with Gasteiger partial charge in [-0.05, 0) is 45.6 Å². The summed E-state index contributed by atoms with van der Waals surface area (Å²) in [7, 11) is 2.24. The Morgan fingerprint density at radius 1 is 1.40 bits per heavy atom. The van der Waals surface area contributed by atoms with E-state index in [1.54, 1.807) is 0 Å². The molecule has 1 heterocycles. The van der Waals surface area contributed by atoms with Crippen LogP contribution in [0.2, 0.25) is 0 Å². The Bertz CT molecular complexity index is 335. The monoisotopic (exact) mass is 282 g/mol. The molecule has 0 aromatic carbocycles. The highest BCUT2D eigenvalue weighted by molar-refractivity contribution is 5.78. The number of morpholine rings is 1. The topological polar surface area (TPSA) is 32.8 Å². The Morgan fingerprint density at radius 3 is 2.60 bits per heavy atom. The van der Waals surface area contributed by atoms with E-state index in [-0.39, 0.29) is 18.1 Å². The van der Waals surface area contributed by atoms with Crippen molar-refractivity contribution in [1.82, 2.24) is 9.80 Å². The number of rotatable bonds is 4. The van der Waals surface area contributed by atoms with Crippen LogP contribution in [0.25, 0.3) is 0 Å². The summed E-state index contributed by atoms with van der Waals surface area (Å²) >= 11 is 0. The van der Waals surface area contributed by atoms with Crippen LogP contribution < -0.4 is 0 Å². The molecule has 1 amide bonds. The van der Waals surface area contributed by atoms with Gasteiger partial charge in [-0.25, -0.2) is 0 Å². The number of ether oxygens (including phenoxy) is 1. The van der Waals surface area contributed by atoms with Gasteiger partial charge in [-0.1, -0.05) is 13.8 Å². The van der Waals surface area contributed by atoms with E-state index in [1.807, 2.05) is 4.90 Å². The van der Waals surface area contributed by atoms with Gasteiger partial charge in [0.2, 0.25) is 5.91 Å². The van der Waals surface area contributed by atoms with E-state index in [0.29, 0.717) is 6.04 Å². The van der Waals surface area contributed by atoms with Gasteiger partial charge < -0.3 is 14.5 Å². The van der Waals surface area contributed by atoms with Crippen LogP contribution in [-0.2, 0) is 9.53 Å². The highest BCUT2D eigenvalue weighted by Crippen LogP contribution is 2.36. The number of carbonyl (C=O) groups excluding carboxylic acids is 1. The minimum atomic E-state index is -0.0565. The maximum atomic E-state index is 11.7. The Labute approximate surface area is 123 Å². The summed E-state index contributed by atoms with van der Waals surface area (Å²) in [6.07, 6.45) is 4.55. The molecule has 1 saturated carbocycles. The third-order valence-electron chi connectivity index (χ3n) is 4.86. The van der Waals surface area contributed by atoms with Gasteiger partial charge in [-0.2, -0.15) is 0 Å². The zero-order chi connectivity index (χ0) is 14.8. The number of nitrogens with zero attached hydrogens (tertiary/aromatic N) is 2. The van der Waals surface area contributed by atoms with Crippen molar-refractivity contribution in [3.05, 3.63) is 0 Å². The molecule has 1 aliphatic heterocycles. The summed E-state index contributed by atoms with van der Waals surface area (Å²) in [5.41, 5.74) is -0.0565. The van der Waals surface area contributed by atoms with Gasteiger partial charge >= 0.3 is 0 Å². The maximum absolute atomic E-state index is 11.7. The van der Waals surface area contributed by atoms with Crippen molar-refractivity contribution in [2.75, 3.05) is 33.3 Å². The van der Waals surface area contributed by atoms with Crippen LogP contribution in [0.4, 0.5) is 0 Å². The van der Waals surface area contributed by atoms with Gasteiger partial charge in [0.05, 0.1) is 5.60 Å². The van der Waals surface area contributed by atoms with Crippen LogP contribution in [0.3, 0.4) is 0 Å². The first kappa shape index (κ1) is 15.8. The fourth-order valence-electron chi connectivity index (χ4n) is 3.67. The molecule has 1 aliphatic carbocycles. The molecule has 4 nitrogen and oxygen atoms in total. The van der Waals surface area contributed by atoms with Crippen LogP contribution in [-0.4, -0.2) is 60.6 Å². The van der Waals surface area contributed by atoms with Crippen molar-refractivity contribution in [2.24, 2.45) is 5.92 Å². The second-order valence-corrected chi connectivity index (χ2v) is 6.94. The lowest BCUT2D eigenvalue weighted by Crippen LogP contribution is -2.57. The second-order valence-electron chi connectivity index (χ2n) is 6.94. The van der Waals surface area contributed by atoms with E-state index < -0.39 is 0 Å². The van der Waals surface area contributed by atoms with Gasteiger partial charge in [0.15, 0.2) is 0 Å². The molecule has 1 saturated heterocycles. The highest BCUT2D eigenvalue weighted by atomic mass is 16.5. The smallest absolute Gasteiger partial charge is 0.248 e. The van der Waals surface area contributed by atoms with Crippen molar-refractivity contribution < 1.29 is 9.53 Å². The Balaban J connectivity index is 1.88. The van der Waals surface area contributed by atoms with Crippen LogP contribution in [0.5, 0.6) is 0 Å². The molecule has 0 bridgehead atoms. The molecule has 0 N–H and O–H groups in total. The van der Waals surface area contributed by atoms with Gasteiger partial charge in [0.25, 0.3) is 0 Å². The van der Waals surface area contributed by atoms with E-state index in [4.69, 9.17) is 4.74 Å². The lowest BCUT2D eigenvalue weighted by Gasteiger charge is -2.47. The number of hydrogen-bond donors (Lipinski definition) is 0. The fourth-order valence-corrected chi connectivity index (χ4v) is 3.67. The van der Waals surface area contributed by atoms with Crippen LogP contribution in [0.15, 0.2) is 0 Å². The Hall–Kier alpha value is -0.610. The minimum absolute atomic E-state index is 0.0565. The molecule has 2 aliphatic rings. The predicted octanol–water partition coefficient (Wildman–Crippen LogP) is 2.13. The molecular formula is C16H30N2O2. The molecule has 2 rings (SSSR count). The largest absolute Gasteiger partial charge is 0.363 e. The van der Waals surface area contributed by atoms with E-state index in [1.165, 1.54) is 12.8 Å². The third-order valence-corrected chi connectivity index (χ3v) is 4.86. The van der Waals surface area contributed by atoms with Crippen molar-refractivity contribution in [3.63, 3.8) is 0 Å². The fraction of sp³-hybridized carbons (Fsp3) is 0.938. The molecule has 0 aromatic heterocycles. The first-order chi connectivity index (χ1) is 9.46. The average Bonchev–Trinajstić information content (AvgIpc) is 2.42. The summed E-state index contributed by atoms with van der Waals surface area (Å²) in [5.74, 6) is 0.868. The number of amides is 1. The van der Waals surface area contributed by atoms with Crippen LogP contribution in [0, 0.1) is 5.92 Å². The SMILES string of the molecule is CCN1C[C@]2(CC[C@@H](N(C)CC(C)C)CC2)OCC1=O. The summed E-state index contributed by atoms with van der Waals surface area (Å²) in [6, 6.07) is 0.680. The van der Waals surface area contributed by atoms with E-state index in [9.17, 15) is 4.79 Å². The van der Waals surface area contributed by atoms with Gasteiger partial charge in [-0.15, -0.1) is 0 Å². The van der Waals surface area contributed by atoms with E-state index >= 15 is 0 Å². The first-order valence-electron chi connectivity index (χ1n) is 8.08.